The molecule has 0 aromatic rings. The number of carbonyl (C=O) groups excluding carboxylic acids is 1. The molecule has 5 nitrogen and oxygen atoms in total. The molecule has 1 heterocycles. The Labute approximate surface area is 81.6 Å². The van der Waals surface area contributed by atoms with Crippen LogP contribution in [-0.4, -0.2) is 39.3 Å². The summed E-state index contributed by atoms with van der Waals surface area (Å²) in [6.45, 7) is 5.27. The van der Waals surface area contributed by atoms with Crippen molar-refractivity contribution in [2.24, 2.45) is 0 Å². The molecule has 2 rings (SSSR count). The highest BCUT2D eigenvalue weighted by Gasteiger charge is 2.86. The van der Waals surface area contributed by atoms with E-state index in [4.69, 9.17) is 9.84 Å². The van der Waals surface area contributed by atoms with Crippen LogP contribution in [0, 0.1) is 0 Å². The zero-order chi connectivity index (χ0) is 10.7. The summed E-state index contributed by atoms with van der Waals surface area (Å²) in [7, 11) is 0. The van der Waals surface area contributed by atoms with Gasteiger partial charge < -0.3 is 9.84 Å². The van der Waals surface area contributed by atoms with Crippen LogP contribution in [0.4, 0.5) is 4.79 Å². The first-order valence-corrected chi connectivity index (χ1v) is 4.55. The minimum atomic E-state index is -0.923. The van der Waals surface area contributed by atoms with Gasteiger partial charge in [0.15, 0.2) is 5.54 Å². The lowest BCUT2D eigenvalue weighted by molar-refractivity contribution is -0.140. The van der Waals surface area contributed by atoms with Crippen molar-refractivity contribution in [3.8, 4) is 0 Å². The number of amides is 1. The van der Waals surface area contributed by atoms with Crippen molar-refractivity contribution in [1.29, 1.82) is 0 Å². The minimum Gasteiger partial charge on any atom is -0.479 e. The Kier molecular flexibility index (Phi) is 1.47. The second-order valence-corrected chi connectivity index (χ2v) is 4.80. The van der Waals surface area contributed by atoms with E-state index in [0.29, 0.717) is 6.42 Å². The predicted molar refractivity (Wildman–Crippen MR) is 46.8 cm³/mol. The fourth-order valence-electron chi connectivity index (χ4n) is 1.64. The van der Waals surface area contributed by atoms with Gasteiger partial charge in [0.2, 0.25) is 0 Å². The summed E-state index contributed by atoms with van der Waals surface area (Å²) >= 11 is 0. The molecule has 0 aromatic heterocycles. The Morgan fingerprint density at radius 1 is 1.50 bits per heavy atom. The number of likely N-dealkylation sites (tertiary alicyclic amines) is 1. The summed E-state index contributed by atoms with van der Waals surface area (Å²) in [6.07, 6.45) is 0.0536. The summed E-state index contributed by atoms with van der Waals surface area (Å²) in [6, 6.07) is -0.116. The third-order valence-corrected chi connectivity index (χ3v) is 2.53. The molecule has 2 aliphatic rings. The first-order valence-electron chi connectivity index (χ1n) is 4.55. The topological polar surface area (TPSA) is 66.6 Å². The lowest BCUT2D eigenvalue weighted by Crippen LogP contribution is -2.35. The summed E-state index contributed by atoms with van der Waals surface area (Å²) in [5, 5.41) is 8.82. The molecule has 0 radical (unpaired) electrons. The molecule has 2 atom stereocenters. The summed E-state index contributed by atoms with van der Waals surface area (Å²) < 4.78 is 5.06. The molecule has 14 heavy (non-hydrogen) atoms. The SMILES string of the molecule is CC(C)(C)OC(=O)N1[C@@H]2CC21C(=O)O. The molecule has 2 fully saturated rings. The second kappa shape index (κ2) is 2.21. The van der Waals surface area contributed by atoms with Crippen LogP contribution in [0.15, 0.2) is 0 Å². The van der Waals surface area contributed by atoms with Gasteiger partial charge in [-0.2, -0.15) is 0 Å². The van der Waals surface area contributed by atoms with Gasteiger partial charge >= 0.3 is 12.1 Å². The second-order valence-electron chi connectivity index (χ2n) is 4.80. The van der Waals surface area contributed by atoms with Crippen LogP contribution in [0.5, 0.6) is 0 Å². The maximum absolute atomic E-state index is 11.4. The molecule has 1 saturated carbocycles. The van der Waals surface area contributed by atoms with E-state index < -0.39 is 23.2 Å². The average molecular weight is 199 g/mol. The van der Waals surface area contributed by atoms with Gasteiger partial charge in [-0.1, -0.05) is 0 Å². The van der Waals surface area contributed by atoms with Crippen molar-refractivity contribution in [3.05, 3.63) is 0 Å². The number of aliphatic carboxylic acids is 1. The molecule has 5 heteroatoms. The van der Waals surface area contributed by atoms with Crippen LogP contribution in [-0.2, 0) is 9.53 Å². The standard InChI is InChI=1S/C9H13NO4/c1-8(2,3)14-7(13)10-5-4-9(5,10)6(11)12/h5H,4H2,1-3H3,(H,11,12)/t5-,9?,10?/m1/s1. The normalized spacial score (nSPS) is 33.4. The molecule has 78 valence electrons. The van der Waals surface area contributed by atoms with E-state index in [1.54, 1.807) is 20.8 Å². The average Bonchev–Trinajstić information content (AvgIpc) is 2.62. The number of hydrogen-bond acceptors (Lipinski definition) is 3. The number of carboxylic acid groups (broad SMARTS) is 1. The number of hydrogen-bond donors (Lipinski definition) is 1. The highest BCUT2D eigenvalue weighted by atomic mass is 16.6. The van der Waals surface area contributed by atoms with Gasteiger partial charge in [0.05, 0.1) is 6.04 Å². The van der Waals surface area contributed by atoms with Crippen LogP contribution in [0.25, 0.3) is 0 Å². The molecule has 1 amide bonds. The number of ether oxygens (including phenoxy) is 1. The highest BCUT2D eigenvalue weighted by molar-refractivity contribution is 5.97. The zero-order valence-electron chi connectivity index (χ0n) is 8.40. The Morgan fingerprint density at radius 2 is 2.07 bits per heavy atom. The lowest BCUT2D eigenvalue weighted by atomic mass is 10.2. The summed E-state index contributed by atoms with van der Waals surface area (Å²) in [5.74, 6) is -0.923. The first kappa shape index (κ1) is 9.30. The monoisotopic (exact) mass is 199 g/mol. The van der Waals surface area contributed by atoms with Gasteiger partial charge in [0.25, 0.3) is 0 Å². The van der Waals surface area contributed by atoms with E-state index in [9.17, 15) is 9.59 Å². The van der Waals surface area contributed by atoms with E-state index in [1.165, 1.54) is 4.90 Å². The molecule has 0 spiro atoms. The molecule has 0 aromatic carbocycles. The Balaban J connectivity index is 1.96. The van der Waals surface area contributed by atoms with Crippen molar-refractivity contribution < 1.29 is 19.4 Å². The smallest absolute Gasteiger partial charge is 0.411 e. The number of carboxylic acids is 1. The Bertz CT molecular complexity index is 319. The highest BCUT2D eigenvalue weighted by Crippen LogP contribution is 2.63. The van der Waals surface area contributed by atoms with E-state index in [-0.39, 0.29) is 6.04 Å². The minimum absolute atomic E-state index is 0.116. The predicted octanol–water partition coefficient (Wildman–Crippen LogP) is 0.833. The fraction of sp³-hybridized carbons (Fsp3) is 0.778. The maximum atomic E-state index is 11.4. The van der Waals surface area contributed by atoms with E-state index >= 15 is 0 Å². The third kappa shape index (κ3) is 1.08. The van der Waals surface area contributed by atoms with E-state index in [0.717, 1.165) is 0 Å². The van der Waals surface area contributed by atoms with Gasteiger partial charge in [0.1, 0.15) is 5.60 Å². The first-order chi connectivity index (χ1) is 6.29. The van der Waals surface area contributed by atoms with Gasteiger partial charge in [-0.15, -0.1) is 0 Å². The van der Waals surface area contributed by atoms with Crippen LogP contribution >= 0.6 is 0 Å². The molecule has 1 saturated heterocycles. The van der Waals surface area contributed by atoms with Crippen molar-refractivity contribution in [2.75, 3.05) is 0 Å². The van der Waals surface area contributed by atoms with Crippen molar-refractivity contribution in [1.82, 2.24) is 4.90 Å². The Hall–Kier alpha value is -1.26. The van der Waals surface area contributed by atoms with Crippen molar-refractivity contribution >= 4 is 12.1 Å². The quantitative estimate of drug-likeness (QED) is 0.635. The van der Waals surface area contributed by atoms with E-state index in [1.807, 2.05) is 0 Å². The Morgan fingerprint density at radius 3 is 2.36 bits per heavy atom. The number of fused-ring (bicyclic) bond motifs is 1. The van der Waals surface area contributed by atoms with Crippen molar-refractivity contribution in [3.63, 3.8) is 0 Å². The van der Waals surface area contributed by atoms with Crippen LogP contribution in [0.2, 0.25) is 0 Å². The van der Waals surface area contributed by atoms with Crippen molar-refractivity contribution in [2.45, 2.75) is 44.4 Å². The van der Waals surface area contributed by atoms with Crippen LogP contribution in [0.3, 0.4) is 0 Å². The molecular weight excluding hydrogens is 186 g/mol. The molecule has 1 unspecified atom stereocenters. The van der Waals surface area contributed by atoms with Crippen LogP contribution in [0.1, 0.15) is 27.2 Å². The van der Waals surface area contributed by atoms with Gasteiger partial charge in [-0.05, 0) is 20.8 Å². The van der Waals surface area contributed by atoms with Gasteiger partial charge in [-0.25, -0.2) is 9.59 Å². The third-order valence-electron chi connectivity index (χ3n) is 2.53. The zero-order valence-corrected chi connectivity index (χ0v) is 8.40. The molecule has 1 aliphatic carbocycles. The largest absolute Gasteiger partial charge is 0.479 e. The number of carbonyl (C=O) groups is 2. The summed E-state index contributed by atoms with van der Waals surface area (Å²) in [5.41, 5.74) is -1.46. The van der Waals surface area contributed by atoms with E-state index in [2.05, 4.69) is 0 Å². The summed E-state index contributed by atoms with van der Waals surface area (Å²) in [4.78, 5) is 23.5. The van der Waals surface area contributed by atoms with Gasteiger partial charge in [0, 0.05) is 6.42 Å². The number of nitrogens with zero attached hydrogens (tertiary/aromatic N) is 1. The molecular formula is C9H13NO4. The molecule has 1 aliphatic heterocycles. The fourth-order valence-corrected chi connectivity index (χ4v) is 1.64. The van der Waals surface area contributed by atoms with Crippen LogP contribution < -0.4 is 0 Å². The van der Waals surface area contributed by atoms with Gasteiger partial charge in [-0.3, -0.25) is 4.90 Å². The number of rotatable bonds is 1. The molecule has 1 N–H and O–H groups in total. The molecule has 0 bridgehead atoms. The lowest BCUT2D eigenvalue weighted by Gasteiger charge is -2.22. The maximum Gasteiger partial charge on any atom is 0.411 e.